The van der Waals surface area contributed by atoms with Crippen LogP contribution in [0.3, 0.4) is 0 Å². The molecule has 0 saturated carbocycles. The van der Waals surface area contributed by atoms with Gasteiger partial charge in [-0.05, 0) is 23.8 Å². The third-order valence-corrected chi connectivity index (χ3v) is 3.46. The van der Waals surface area contributed by atoms with Crippen LogP contribution in [0.15, 0.2) is 11.7 Å². The molecule has 0 bridgehead atoms. The van der Waals surface area contributed by atoms with E-state index in [0.29, 0.717) is 5.82 Å². The summed E-state index contributed by atoms with van der Waals surface area (Å²) in [6.07, 6.45) is 6.35. The third-order valence-electron chi connectivity index (χ3n) is 2.53. The van der Waals surface area contributed by atoms with Crippen molar-refractivity contribution >= 4 is 27.4 Å². The van der Waals surface area contributed by atoms with Crippen molar-refractivity contribution in [2.45, 2.75) is 32.6 Å². The fraction of sp³-hybridized carbons (Fsp3) is 0.455. The van der Waals surface area contributed by atoms with Crippen molar-refractivity contribution in [3.63, 3.8) is 0 Å². The lowest BCUT2D eigenvalue weighted by atomic mass is 10.1. The molecule has 0 spiro atoms. The molecule has 0 fully saturated rings. The minimum Gasteiger partial charge on any atom is -0.383 e. The van der Waals surface area contributed by atoms with E-state index < -0.39 is 0 Å². The highest BCUT2D eigenvalue weighted by molar-refractivity contribution is 7.17. The first-order valence-electron chi connectivity index (χ1n) is 5.29. The number of thiophene rings is 1. The van der Waals surface area contributed by atoms with Gasteiger partial charge >= 0.3 is 0 Å². The van der Waals surface area contributed by atoms with E-state index in [9.17, 15) is 0 Å². The number of aromatic nitrogens is 2. The molecule has 0 aliphatic carbocycles. The molecule has 0 radical (unpaired) electrons. The number of unbranched alkanes of at least 4 members (excludes halogenated alkanes) is 2. The lowest BCUT2D eigenvalue weighted by Crippen LogP contribution is -1.93. The van der Waals surface area contributed by atoms with Gasteiger partial charge in [0, 0.05) is 0 Å². The van der Waals surface area contributed by atoms with E-state index >= 15 is 0 Å². The summed E-state index contributed by atoms with van der Waals surface area (Å²) in [6.45, 7) is 2.21. The van der Waals surface area contributed by atoms with E-state index in [1.807, 2.05) is 0 Å². The van der Waals surface area contributed by atoms with Crippen LogP contribution in [0, 0.1) is 0 Å². The van der Waals surface area contributed by atoms with Crippen molar-refractivity contribution in [3.05, 3.63) is 17.3 Å². The average Bonchev–Trinajstić information content (AvgIpc) is 2.63. The summed E-state index contributed by atoms with van der Waals surface area (Å²) in [6, 6.07) is 0. The molecule has 0 saturated heterocycles. The Labute approximate surface area is 93.4 Å². The summed E-state index contributed by atoms with van der Waals surface area (Å²) >= 11 is 1.66. The minimum atomic E-state index is 0.618. The standard InChI is InChI=1S/C11H15N3S/c1-2-3-4-5-8-6-15-11-9(8)10(12)13-7-14-11/h6-7H,2-5H2,1H3,(H2,12,13,14). The number of nitrogens with zero attached hydrogens (tertiary/aromatic N) is 2. The predicted molar refractivity (Wildman–Crippen MR) is 65.1 cm³/mol. The smallest absolute Gasteiger partial charge is 0.135 e. The molecule has 80 valence electrons. The number of anilines is 1. The molecule has 3 nitrogen and oxygen atoms in total. The van der Waals surface area contributed by atoms with Crippen molar-refractivity contribution in [3.8, 4) is 0 Å². The predicted octanol–water partition coefficient (Wildman–Crippen LogP) is 3.01. The molecule has 2 N–H and O–H groups in total. The Balaban J connectivity index is 2.27. The lowest BCUT2D eigenvalue weighted by molar-refractivity contribution is 0.720. The summed E-state index contributed by atoms with van der Waals surface area (Å²) in [5, 5.41) is 3.23. The monoisotopic (exact) mass is 221 g/mol. The van der Waals surface area contributed by atoms with Gasteiger partial charge in [-0.15, -0.1) is 11.3 Å². The molecule has 0 amide bonds. The Morgan fingerprint density at radius 3 is 3.00 bits per heavy atom. The molecule has 0 aliphatic heterocycles. The first kappa shape index (κ1) is 10.4. The molecule has 0 aliphatic rings. The van der Waals surface area contributed by atoms with Crippen molar-refractivity contribution in [1.29, 1.82) is 0 Å². The second-order valence-corrected chi connectivity index (χ2v) is 4.52. The molecule has 4 heteroatoms. The maximum absolute atomic E-state index is 5.86. The summed E-state index contributed by atoms with van der Waals surface area (Å²) in [5.41, 5.74) is 7.17. The number of fused-ring (bicyclic) bond motifs is 1. The minimum absolute atomic E-state index is 0.618. The summed E-state index contributed by atoms with van der Waals surface area (Å²) in [7, 11) is 0. The van der Waals surface area contributed by atoms with Crippen LogP contribution in [0.4, 0.5) is 5.82 Å². The average molecular weight is 221 g/mol. The first-order chi connectivity index (χ1) is 7.33. The first-order valence-corrected chi connectivity index (χ1v) is 6.17. The number of hydrogen-bond donors (Lipinski definition) is 1. The van der Waals surface area contributed by atoms with Gasteiger partial charge in [0.15, 0.2) is 0 Å². The Morgan fingerprint density at radius 2 is 2.20 bits per heavy atom. The van der Waals surface area contributed by atoms with E-state index in [4.69, 9.17) is 5.73 Å². The van der Waals surface area contributed by atoms with Crippen molar-refractivity contribution in [2.24, 2.45) is 0 Å². The second kappa shape index (κ2) is 4.57. The molecule has 2 aromatic heterocycles. The largest absolute Gasteiger partial charge is 0.383 e. The van der Waals surface area contributed by atoms with Crippen LogP contribution in [-0.2, 0) is 6.42 Å². The van der Waals surface area contributed by atoms with Crippen molar-refractivity contribution in [1.82, 2.24) is 9.97 Å². The highest BCUT2D eigenvalue weighted by Gasteiger charge is 2.08. The molecule has 2 aromatic rings. The fourth-order valence-corrected chi connectivity index (χ4v) is 2.66. The Bertz CT molecular complexity index is 450. The molecule has 0 aromatic carbocycles. The van der Waals surface area contributed by atoms with E-state index in [2.05, 4.69) is 22.3 Å². The zero-order valence-corrected chi connectivity index (χ0v) is 9.68. The quantitative estimate of drug-likeness (QED) is 0.807. The fourth-order valence-electron chi connectivity index (χ4n) is 1.71. The van der Waals surface area contributed by atoms with Gasteiger partial charge in [0.1, 0.15) is 17.0 Å². The van der Waals surface area contributed by atoms with E-state index in [0.717, 1.165) is 16.6 Å². The van der Waals surface area contributed by atoms with Crippen molar-refractivity contribution < 1.29 is 0 Å². The number of aryl methyl sites for hydroxylation is 1. The summed E-state index contributed by atoms with van der Waals surface area (Å²) in [5.74, 6) is 0.618. The second-order valence-electron chi connectivity index (χ2n) is 3.66. The van der Waals surface area contributed by atoms with Gasteiger partial charge in [0.25, 0.3) is 0 Å². The molecule has 0 atom stereocenters. The van der Waals surface area contributed by atoms with E-state index in [1.165, 1.54) is 31.2 Å². The van der Waals surface area contributed by atoms with Gasteiger partial charge in [-0.3, -0.25) is 0 Å². The highest BCUT2D eigenvalue weighted by Crippen LogP contribution is 2.28. The van der Waals surface area contributed by atoms with Gasteiger partial charge in [-0.2, -0.15) is 0 Å². The summed E-state index contributed by atoms with van der Waals surface area (Å²) < 4.78 is 0. The third kappa shape index (κ3) is 2.09. The number of nitrogen functional groups attached to an aromatic ring is 1. The Hall–Kier alpha value is -1.16. The molecule has 0 unspecified atom stereocenters. The molecule has 2 rings (SSSR count). The van der Waals surface area contributed by atoms with Crippen LogP contribution in [0.2, 0.25) is 0 Å². The zero-order chi connectivity index (χ0) is 10.7. The van der Waals surface area contributed by atoms with Crippen LogP contribution in [0.1, 0.15) is 31.7 Å². The van der Waals surface area contributed by atoms with Gasteiger partial charge in [-0.1, -0.05) is 19.8 Å². The molecule has 15 heavy (non-hydrogen) atoms. The molecular formula is C11H15N3S. The van der Waals surface area contributed by atoms with Gasteiger partial charge in [0.05, 0.1) is 5.39 Å². The number of rotatable bonds is 4. The topological polar surface area (TPSA) is 51.8 Å². The Kier molecular flexibility index (Phi) is 3.16. The van der Waals surface area contributed by atoms with E-state index in [-0.39, 0.29) is 0 Å². The van der Waals surface area contributed by atoms with Crippen LogP contribution in [0.5, 0.6) is 0 Å². The number of nitrogens with two attached hydrogens (primary N) is 1. The van der Waals surface area contributed by atoms with E-state index in [1.54, 1.807) is 11.3 Å². The maximum atomic E-state index is 5.86. The molecular weight excluding hydrogens is 206 g/mol. The SMILES string of the molecule is CCCCCc1csc2ncnc(N)c12. The zero-order valence-electron chi connectivity index (χ0n) is 8.86. The maximum Gasteiger partial charge on any atom is 0.135 e. The van der Waals surface area contributed by atoms with Crippen LogP contribution < -0.4 is 5.73 Å². The van der Waals surface area contributed by atoms with Gasteiger partial charge < -0.3 is 5.73 Å². The lowest BCUT2D eigenvalue weighted by Gasteiger charge is -2.00. The Morgan fingerprint density at radius 1 is 1.33 bits per heavy atom. The highest BCUT2D eigenvalue weighted by atomic mass is 32.1. The summed E-state index contributed by atoms with van der Waals surface area (Å²) in [4.78, 5) is 9.27. The van der Waals surface area contributed by atoms with Crippen molar-refractivity contribution in [2.75, 3.05) is 5.73 Å². The normalized spacial score (nSPS) is 11.0. The van der Waals surface area contributed by atoms with Crippen LogP contribution in [-0.4, -0.2) is 9.97 Å². The van der Waals surface area contributed by atoms with Crippen LogP contribution >= 0.6 is 11.3 Å². The number of hydrogen-bond acceptors (Lipinski definition) is 4. The van der Waals surface area contributed by atoms with Gasteiger partial charge in [0.2, 0.25) is 0 Å². The van der Waals surface area contributed by atoms with Crippen LogP contribution in [0.25, 0.3) is 10.2 Å². The molecule has 2 heterocycles. The van der Waals surface area contributed by atoms with Gasteiger partial charge in [-0.25, -0.2) is 9.97 Å².